The molecular weight excluding hydrogens is 286 g/mol. The molecule has 4 heteroatoms. The van der Waals surface area contributed by atoms with E-state index in [1.54, 1.807) is 6.07 Å². The normalized spacial score (nSPS) is 10.1. The van der Waals surface area contributed by atoms with Crippen molar-refractivity contribution < 1.29 is 4.79 Å². The van der Waals surface area contributed by atoms with Gasteiger partial charge < -0.3 is 10.6 Å². The summed E-state index contributed by atoms with van der Waals surface area (Å²) in [5.74, 6) is 0.453. The smallest absolute Gasteiger partial charge is 0.270 e. The summed E-state index contributed by atoms with van der Waals surface area (Å²) in [5.41, 5.74) is 2.38. The van der Waals surface area contributed by atoms with E-state index < -0.39 is 0 Å². The first-order valence-corrected chi connectivity index (χ1v) is 7.42. The number of benzene rings is 2. The van der Waals surface area contributed by atoms with Gasteiger partial charge >= 0.3 is 0 Å². The molecule has 1 heterocycles. The van der Waals surface area contributed by atoms with Crippen molar-refractivity contribution in [3.05, 3.63) is 90.1 Å². The third kappa shape index (κ3) is 4.17. The lowest BCUT2D eigenvalue weighted by molar-refractivity contribution is 0.0946. The van der Waals surface area contributed by atoms with Gasteiger partial charge in [-0.25, -0.2) is 4.98 Å². The maximum Gasteiger partial charge on any atom is 0.270 e. The fraction of sp³-hybridized carbons (Fsp3) is 0.0526. The Bertz CT molecular complexity index is 773. The fourth-order valence-corrected chi connectivity index (χ4v) is 2.17. The van der Waals surface area contributed by atoms with Gasteiger partial charge in [-0.05, 0) is 29.8 Å². The van der Waals surface area contributed by atoms with Crippen LogP contribution in [0.3, 0.4) is 0 Å². The molecule has 0 aliphatic heterocycles. The molecule has 0 unspecified atom stereocenters. The van der Waals surface area contributed by atoms with Crippen LogP contribution in [0.5, 0.6) is 0 Å². The molecule has 1 amide bonds. The molecule has 0 aliphatic rings. The molecule has 1 aromatic heterocycles. The summed E-state index contributed by atoms with van der Waals surface area (Å²) in [6.45, 7) is 0.484. The largest absolute Gasteiger partial charge is 0.347 e. The topological polar surface area (TPSA) is 54.0 Å². The van der Waals surface area contributed by atoms with Crippen LogP contribution < -0.4 is 10.6 Å². The fourth-order valence-electron chi connectivity index (χ4n) is 2.17. The molecule has 4 nitrogen and oxygen atoms in total. The summed E-state index contributed by atoms with van der Waals surface area (Å²) >= 11 is 0. The molecule has 0 atom stereocenters. The molecule has 0 bridgehead atoms. The molecule has 0 fully saturated rings. The van der Waals surface area contributed by atoms with Crippen LogP contribution in [-0.4, -0.2) is 10.9 Å². The molecule has 0 saturated carbocycles. The van der Waals surface area contributed by atoms with Gasteiger partial charge in [0.25, 0.3) is 5.91 Å². The zero-order valence-electron chi connectivity index (χ0n) is 12.6. The van der Waals surface area contributed by atoms with Crippen molar-refractivity contribution in [3.8, 4) is 0 Å². The second-order valence-corrected chi connectivity index (χ2v) is 5.07. The van der Waals surface area contributed by atoms with Gasteiger partial charge in [0.2, 0.25) is 0 Å². The van der Waals surface area contributed by atoms with Crippen LogP contribution in [0.1, 0.15) is 16.1 Å². The van der Waals surface area contributed by atoms with Gasteiger partial charge in [-0.2, -0.15) is 0 Å². The summed E-state index contributed by atoms with van der Waals surface area (Å²) in [6, 6.07) is 24.9. The summed E-state index contributed by atoms with van der Waals surface area (Å²) < 4.78 is 0. The number of carbonyl (C=O) groups excluding carboxylic acids is 1. The van der Waals surface area contributed by atoms with Crippen LogP contribution in [0.15, 0.2) is 78.9 Å². The SMILES string of the molecule is O=C(NCc1ccccc1)c1cccc(Nc2ccccc2)n1. The van der Waals surface area contributed by atoms with E-state index in [-0.39, 0.29) is 5.91 Å². The van der Waals surface area contributed by atoms with Crippen LogP contribution >= 0.6 is 0 Å². The van der Waals surface area contributed by atoms with Crippen molar-refractivity contribution in [2.45, 2.75) is 6.54 Å². The average molecular weight is 303 g/mol. The second-order valence-electron chi connectivity index (χ2n) is 5.07. The summed E-state index contributed by atoms with van der Waals surface area (Å²) in [7, 11) is 0. The monoisotopic (exact) mass is 303 g/mol. The minimum absolute atomic E-state index is 0.189. The number of carbonyl (C=O) groups is 1. The highest BCUT2D eigenvalue weighted by molar-refractivity contribution is 5.92. The minimum Gasteiger partial charge on any atom is -0.347 e. The highest BCUT2D eigenvalue weighted by Gasteiger charge is 2.07. The number of nitrogens with one attached hydrogen (secondary N) is 2. The zero-order valence-corrected chi connectivity index (χ0v) is 12.6. The standard InChI is InChI=1S/C19H17N3O/c23-19(20-14-15-8-3-1-4-9-15)17-12-7-13-18(22-17)21-16-10-5-2-6-11-16/h1-13H,14H2,(H,20,23)(H,21,22). The number of pyridine rings is 1. The molecule has 0 aliphatic carbocycles. The third-order valence-corrected chi connectivity index (χ3v) is 3.32. The predicted octanol–water partition coefficient (Wildman–Crippen LogP) is 3.76. The van der Waals surface area contributed by atoms with Crippen molar-refractivity contribution in [3.63, 3.8) is 0 Å². The average Bonchev–Trinajstić information content (AvgIpc) is 2.62. The van der Waals surface area contributed by atoms with E-state index in [2.05, 4.69) is 15.6 Å². The van der Waals surface area contributed by atoms with Crippen molar-refractivity contribution >= 4 is 17.4 Å². The molecule has 0 spiro atoms. The lowest BCUT2D eigenvalue weighted by Gasteiger charge is -2.08. The van der Waals surface area contributed by atoms with E-state index in [1.807, 2.05) is 72.8 Å². The first kappa shape index (κ1) is 14.8. The van der Waals surface area contributed by atoms with Crippen molar-refractivity contribution in [1.82, 2.24) is 10.3 Å². The number of aromatic nitrogens is 1. The van der Waals surface area contributed by atoms with Gasteiger partial charge in [0.15, 0.2) is 0 Å². The highest BCUT2D eigenvalue weighted by atomic mass is 16.1. The van der Waals surface area contributed by atoms with Crippen LogP contribution in [-0.2, 0) is 6.54 Å². The van der Waals surface area contributed by atoms with Crippen molar-refractivity contribution in [2.24, 2.45) is 0 Å². The number of hydrogen-bond donors (Lipinski definition) is 2. The zero-order chi connectivity index (χ0) is 15.9. The quantitative estimate of drug-likeness (QED) is 0.754. The Balaban J connectivity index is 1.65. The van der Waals surface area contributed by atoms with Gasteiger partial charge in [0.05, 0.1) is 0 Å². The van der Waals surface area contributed by atoms with Gasteiger partial charge in [-0.1, -0.05) is 54.6 Å². The van der Waals surface area contributed by atoms with Crippen LogP contribution in [0, 0.1) is 0 Å². The molecule has 2 N–H and O–H groups in total. The Morgan fingerprint density at radius 2 is 1.52 bits per heavy atom. The summed E-state index contributed by atoms with van der Waals surface area (Å²) in [6.07, 6.45) is 0. The van der Waals surface area contributed by atoms with E-state index in [0.717, 1.165) is 11.3 Å². The Hall–Kier alpha value is -3.14. The molecule has 3 rings (SSSR count). The van der Waals surface area contributed by atoms with Crippen molar-refractivity contribution in [2.75, 3.05) is 5.32 Å². The lowest BCUT2D eigenvalue weighted by atomic mass is 10.2. The van der Waals surface area contributed by atoms with Crippen molar-refractivity contribution in [1.29, 1.82) is 0 Å². The third-order valence-electron chi connectivity index (χ3n) is 3.32. The second kappa shape index (κ2) is 7.22. The van der Waals surface area contributed by atoms with Crippen LogP contribution in [0.4, 0.5) is 11.5 Å². The minimum atomic E-state index is -0.189. The van der Waals surface area contributed by atoms with E-state index in [1.165, 1.54) is 0 Å². The number of hydrogen-bond acceptors (Lipinski definition) is 3. The Morgan fingerprint density at radius 1 is 0.826 bits per heavy atom. The predicted molar refractivity (Wildman–Crippen MR) is 91.6 cm³/mol. The molecule has 3 aromatic rings. The number of anilines is 2. The Morgan fingerprint density at radius 3 is 2.26 bits per heavy atom. The molecule has 114 valence electrons. The van der Waals surface area contributed by atoms with Crippen LogP contribution in [0.25, 0.3) is 0 Å². The van der Waals surface area contributed by atoms with Crippen LogP contribution in [0.2, 0.25) is 0 Å². The van der Waals surface area contributed by atoms with E-state index in [0.29, 0.717) is 18.1 Å². The van der Waals surface area contributed by atoms with E-state index >= 15 is 0 Å². The van der Waals surface area contributed by atoms with Gasteiger partial charge in [-0.3, -0.25) is 4.79 Å². The number of para-hydroxylation sites is 1. The maximum atomic E-state index is 12.2. The summed E-state index contributed by atoms with van der Waals surface area (Å²) in [5, 5.41) is 6.06. The molecule has 0 saturated heterocycles. The van der Waals surface area contributed by atoms with E-state index in [9.17, 15) is 4.79 Å². The molecular formula is C19H17N3O. The van der Waals surface area contributed by atoms with Gasteiger partial charge in [0.1, 0.15) is 11.5 Å². The van der Waals surface area contributed by atoms with Gasteiger partial charge in [0, 0.05) is 12.2 Å². The highest BCUT2D eigenvalue weighted by Crippen LogP contribution is 2.14. The number of nitrogens with zero attached hydrogens (tertiary/aromatic N) is 1. The Labute approximate surface area is 135 Å². The lowest BCUT2D eigenvalue weighted by Crippen LogP contribution is -2.23. The maximum absolute atomic E-state index is 12.2. The Kier molecular flexibility index (Phi) is 4.64. The number of amides is 1. The first-order chi connectivity index (χ1) is 11.3. The molecule has 23 heavy (non-hydrogen) atoms. The van der Waals surface area contributed by atoms with E-state index in [4.69, 9.17) is 0 Å². The first-order valence-electron chi connectivity index (χ1n) is 7.42. The summed E-state index contributed by atoms with van der Waals surface area (Å²) in [4.78, 5) is 16.6. The molecule has 2 aromatic carbocycles. The number of rotatable bonds is 5. The molecule has 0 radical (unpaired) electrons. The van der Waals surface area contributed by atoms with Gasteiger partial charge in [-0.15, -0.1) is 0 Å².